The SMILES string of the molecule is CC(C)N(CC1CCCCN1)c1nc2c(Br)cccn2n1. The van der Waals surface area contributed by atoms with Crippen LogP contribution in [0.2, 0.25) is 0 Å². The van der Waals surface area contributed by atoms with E-state index in [2.05, 4.69) is 45.1 Å². The molecule has 1 aliphatic rings. The third-order valence-corrected chi connectivity index (χ3v) is 4.63. The van der Waals surface area contributed by atoms with Gasteiger partial charge in [0.25, 0.3) is 0 Å². The number of aromatic nitrogens is 3. The zero-order valence-corrected chi connectivity index (χ0v) is 14.2. The summed E-state index contributed by atoms with van der Waals surface area (Å²) in [6.45, 7) is 6.49. The zero-order valence-electron chi connectivity index (χ0n) is 12.6. The van der Waals surface area contributed by atoms with Crippen molar-refractivity contribution < 1.29 is 0 Å². The highest BCUT2D eigenvalue weighted by Gasteiger charge is 2.22. The first-order chi connectivity index (χ1) is 10.1. The number of hydrogen-bond acceptors (Lipinski definition) is 4. The molecule has 5 nitrogen and oxygen atoms in total. The van der Waals surface area contributed by atoms with Gasteiger partial charge in [0, 0.05) is 24.8 Å². The van der Waals surface area contributed by atoms with Crippen LogP contribution in [0.5, 0.6) is 0 Å². The van der Waals surface area contributed by atoms with Crippen molar-refractivity contribution in [3.05, 3.63) is 22.8 Å². The monoisotopic (exact) mass is 351 g/mol. The quantitative estimate of drug-likeness (QED) is 0.919. The van der Waals surface area contributed by atoms with Gasteiger partial charge in [0.1, 0.15) is 0 Å². The largest absolute Gasteiger partial charge is 0.336 e. The van der Waals surface area contributed by atoms with Gasteiger partial charge in [-0.25, -0.2) is 4.52 Å². The number of nitrogens with one attached hydrogen (secondary N) is 1. The van der Waals surface area contributed by atoms with Crippen molar-refractivity contribution in [1.29, 1.82) is 0 Å². The van der Waals surface area contributed by atoms with Gasteiger partial charge in [0.05, 0.1) is 4.47 Å². The van der Waals surface area contributed by atoms with Crippen LogP contribution in [-0.4, -0.2) is 39.8 Å². The standard InChI is InChI=1S/C15H22BrN5/c1-11(2)20(10-12-6-3-4-8-17-12)15-18-14-13(16)7-5-9-21(14)19-15/h5,7,9,11-12,17H,3-4,6,8,10H2,1-2H3. The minimum absolute atomic E-state index is 0.380. The van der Waals surface area contributed by atoms with Crippen molar-refractivity contribution in [2.75, 3.05) is 18.0 Å². The Hall–Kier alpha value is -1.14. The minimum atomic E-state index is 0.380. The van der Waals surface area contributed by atoms with Gasteiger partial charge < -0.3 is 10.2 Å². The predicted molar refractivity (Wildman–Crippen MR) is 88.8 cm³/mol. The van der Waals surface area contributed by atoms with Crippen LogP contribution in [-0.2, 0) is 0 Å². The maximum absolute atomic E-state index is 4.70. The molecule has 2 aromatic heterocycles. The van der Waals surface area contributed by atoms with Crippen molar-refractivity contribution in [3.8, 4) is 0 Å². The van der Waals surface area contributed by atoms with Crippen LogP contribution >= 0.6 is 15.9 Å². The lowest BCUT2D eigenvalue weighted by atomic mass is 10.0. The van der Waals surface area contributed by atoms with E-state index < -0.39 is 0 Å². The van der Waals surface area contributed by atoms with Gasteiger partial charge in [-0.15, -0.1) is 5.10 Å². The summed E-state index contributed by atoms with van der Waals surface area (Å²) in [5.41, 5.74) is 0.870. The van der Waals surface area contributed by atoms with Crippen molar-refractivity contribution in [2.24, 2.45) is 0 Å². The molecular formula is C15H22BrN5. The molecule has 1 saturated heterocycles. The lowest BCUT2D eigenvalue weighted by Gasteiger charge is -2.32. The predicted octanol–water partition coefficient (Wildman–Crippen LogP) is 2.85. The topological polar surface area (TPSA) is 45.5 Å². The molecular weight excluding hydrogens is 330 g/mol. The molecule has 0 spiro atoms. The van der Waals surface area contributed by atoms with Gasteiger partial charge in [-0.1, -0.05) is 6.42 Å². The lowest BCUT2D eigenvalue weighted by Crippen LogP contribution is -2.46. The highest BCUT2D eigenvalue weighted by atomic mass is 79.9. The molecule has 0 aliphatic carbocycles. The van der Waals surface area contributed by atoms with E-state index in [1.54, 1.807) is 0 Å². The molecule has 1 aliphatic heterocycles. The number of nitrogens with zero attached hydrogens (tertiary/aromatic N) is 4. The van der Waals surface area contributed by atoms with Crippen LogP contribution < -0.4 is 10.2 Å². The van der Waals surface area contributed by atoms with Crippen LogP contribution in [0, 0.1) is 0 Å². The summed E-state index contributed by atoms with van der Waals surface area (Å²) in [7, 11) is 0. The molecule has 1 fully saturated rings. The lowest BCUT2D eigenvalue weighted by molar-refractivity contribution is 0.392. The van der Waals surface area contributed by atoms with Crippen molar-refractivity contribution >= 4 is 27.5 Å². The summed E-state index contributed by atoms with van der Waals surface area (Å²) in [4.78, 5) is 7.00. The first-order valence-corrected chi connectivity index (χ1v) is 8.45. The maximum atomic E-state index is 4.70. The molecule has 6 heteroatoms. The fourth-order valence-electron chi connectivity index (χ4n) is 2.82. The van der Waals surface area contributed by atoms with E-state index in [1.165, 1.54) is 19.3 Å². The van der Waals surface area contributed by atoms with Gasteiger partial charge in [0.15, 0.2) is 5.65 Å². The highest BCUT2D eigenvalue weighted by molar-refractivity contribution is 9.10. The van der Waals surface area contributed by atoms with E-state index in [0.717, 1.165) is 29.2 Å². The molecule has 2 aromatic rings. The Morgan fingerprint density at radius 3 is 3.00 bits per heavy atom. The molecule has 0 radical (unpaired) electrons. The van der Waals surface area contributed by atoms with Crippen LogP contribution in [0.3, 0.4) is 0 Å². The molecule has 1 N–H and O–H groups in total. The highest BCUT2D eigenvalue weighted by Crippen LogP contribution is 2.21. The minimum Gasteiger partial charge on any atom is -0.336 e. The van der Waals surface area contributed by atoms with E-state index in [1.807, 2.05) is 22.8 Å². The van der Waals surface area contributed by atoms with Crippen molar-refractivity contribution in [2.45, 2.75) is 45.2 Å². The van der Waals surface area contributed by atoms with Crippen LogP contribution in [0.25, 0.3) is 5.65 Å². The number of halogens is 1. The third-order valence-electron chi connectivity index (χ3n) is 4.01. The van der Waals surface area contributed by atoms with Crippen molar-refractivity contribution in [3.63, 3.8) is 0 Å². The Morgan fingerprint density at radius 1 is 1.48 bits per heavy atom. The molecule has 21 heavy (non-hydrogen) atoms. The molecule has 0 saturated carbocycles. The summed E-state index contributed by atoms with van der Waals surface area (Å²) in [5, 5.41) is 8.24. The van der Waals surface area contributed by atoms with E-state index in [4.69, 9.17) is 4.98 Å². The molecule has 0 amide bonds. The number of pyridine rings is 1. The Kier molecular flexibility index (Phi) is 4.45. The molecule has 1 unspecified atom stereocenters. The molecule has 114 valence electrons. The summed E-state index contributed by atoms with van der Waals surface area (Å²) in [6, 6.07) is 4.88. The van der Waals surface area contributed by atoms with Gasteiger partial charge in [-0.2, -0.15) is 4.98 Å². The van der Waals surface area contributed by atoms with Crippen LogP contribution in [0.4, 0.5) is 5.95 Å². The molecule has 0 bridgehead atoms. The van der Waals surface area contributed by atoms with Gasteiger partial charge in [0.2, 0.25) is 5.95 Å². The van der Waals surface area contributed by atoms with E-state index >= 15 is 0 Å². The molecule has 3 heterocycles. The van der Waals surface area contributed by atoms with E-state index in [-0.39, 0.29) is 0 Å². The van der Waals surface area contributed by atoms with Gasteiger partial charge >= 0.3 is 0 Å². The summed E-state index contributed by atoms with van der Waals surface area (Å²) in [5.74, 6) is 0.810. The van der Waals surface area contributed by atoms with Crippen LogP contribution in [0.1, 0.15) is 33.1 Å². The average molecular weight is 352 g/mol. The number of anilines is 1. The number of fused-ring (bicyclic) bond motifs is 1. The second-order valence-electron chi connectivity index (χ2n) is 5.93. The van der Waals surface area contributed by atoms with E-state index in [9.17, 15) is 0 Å². The Bertz CT molecular complexity index is 603. The molecule has 3 rings (SSSR count). The van der Waals surface area contributed by atoms with Crippen molar-refractivity contribution in [1.82, 2.24) is 19.9 Å². The molecule has 0 aromatic carbocycles. The first kappa shape index (κ1) is 14.8. The summed E-state index contributed by atoms with van der Waals surface area (Å²) in [6.07, 6.45) is 5.78. The van der Waals surface area contributed by atoms with Crippen LogP contribution in [0.15, 0.2) is 22.8 Å². The fraction of sp³-hybridized carbons (Fsp3) is 0.600. The molecule has 1 atom stereocenters. The zero-order chi connectivity index (χ0) is 14.8. The second-order valence-corrected chi connectivity index (χ2v) is 6.78. The number of hydrogen-bond donors (Lipinski definition) is 1. The fourth-order valence-corrected chi connectivity index (χ4v) is 3.25. The summed E-state index contributed by atoms with van der Waals surface area (Å²) < 4.78 is 2.81. The van der Waals surface area contributed by atoms with Gasteiger partial charge in [-0.05, 0) is 61.3 Å². The average Bonchev–Trinajstić information content (AvgIpc) is 2.91. The number of rotatable bonds is 4. The second kappa shape index (κ2) is 6.32. The maximum Gasteiger partial charge on any atom is 0.246 e. The first-order valence-electron chi connectivity index (χ1n) is 7.66. The third kappa shape index (κ3) is 3.21. The normalized spacial score (nSPS) is 19.3. The summed E-state index contributed by atoms with van der Waals surface area (Å²) >= 11 is 3.54. The van der Waals surface area contributed by atoms with Gasteiger partial charge in [-0.3, -0.25) is 0 Å². The van der Waals surface area contributed by atoms with E-state index in [0.29, 0.717) is 12.1 Å². The Morgan fingerprint density at radius 2 is 2.33 bits per heavy atom. The number of piperidine rings is 1. The smallest absolute Gasteiger partial charge is 0.246 e. The Labute approximate surface area is 133 Å². The Balaban J connectivity index is 1.86.